The molecule has 1 heterocycles. The summed E-state index contributed by atoms with van der Waals surface area (Å²) in [5.74, 6) is 3.73. The van der Waals surface area contributed by atoms with Crippen LogP contribution in [0.2, 0.25) is 0 Å². The van der Waals surface area contributed by atoms with E-state index in [0.717, 1.165) is 6.07 Å². The van der Waals surface area contributed by atoms with Gasteiger partial charge in [0, 0.05) is 23.9 Å². The van der Waals surface area contributed by atoms with Crippen molar-refractivity contribution in [1.29, 1.82) is 0 Å². The lowest BCUT2D eigenvalue weighted by Gasteiger charge is -2.18. The van der Waals surface area contributed by atoms with Crippen LogP contribution < -0.4 is 5.32 Å². The Bertz CT molecular complexity index is 814. The van der Waals surface area contributed by atoms with E-state index in [2.05, 4.69) is 22.1 Å². The molecule has 1 aromatic heterocycles. The van der Waals surface area contributed by atoms with Gasteiger partial charge in [0.05, 0.1) is 0 Å². The van der Waals surface area contributed by atoms with Gasteiger partial charge in [0.25, 0.3) is 5.91 Å². The highest BCUT2D eigenvalue weighted by Crippen LogP contribution is 2.12. The van der Waals surface area contributed by atoms with Gasteiger partial charge in [-0.2, -0.15) is 0 Å². The summed E-state index contributed by atoms with van der Waals surface area (Å²) in [7, 11) is 0. The van der Waals surface area contributed by atoms with Crippen LogP contribution in [0.5, 0.6) is 0 Å². The summed E-state index contributed by atoms with van der Waals surface area (Å²) in [6.07, 6.45) is 1.32. The van der Waals surface area contributed by atoms with Crippen molar-refractivity contribution in [2.24, 2.45) is 5.41 Å². The van der Waals surface area contributed by atoms with Gasteiger partial charge >= 0.3 is 0 Å². The Morgan fingerprint density at radius 2 is 1.88 bits per heavy atom. The Morgan fingerprint density at radius 1 is 1.17 bits per heavy atom. The first-order valence-electron chi connectivity index (χ1n) is 7.46. The molecular weight excluding hydrogens is 310 g/mol. The van der Waals surface area contributed by atoms with E-state index in [1.807, 2.05) is 20.8 Å². The minimum atomic E-state index is -0.743. The topological polar surface area (TPSA) is 42.0 Å². The van der Waals surface area contributed by atoms with Gasteiger partial charge in [-0.1, -0.05) is 38.7 Å². The molecule has 0 atom stereocenters. The zero-order valence-electron chi connectivity index (χ0n) is 13.8. The molecule has 0 unspecified atom stereocenters. The highest BCUT2D eigenvalue weighted by molar-refractivity contribution is 5.92. The molecule has 0 saturated heterocycles. The average molecular weight is 328 g/mol. The van der Waals surface area contributed by atoms with Crippen LogP contribution in [-0.4, -0.2) is 17.4 Å². The molecule has 0 aliphatic rings. The van der Waals surface area contributed by atoms with E-state index < -0.39 is 17.5 Å². The second kappa shape index (κ2) is 7.22. The van der Waals surface area contributed by atoms with E-state index in [-0.39, 0.29) is 11.1 Å². The van der Waals surface area contributed by atoms with E-state index in [9.17, 15) is 13.6 Å². The first-order chi connectivity index (χ1) is 11.2. The van der Waals surface area contributed by atoms with Crippen molar-refractivity contribution in [3.8, 4) is 11.8 Å². The third kappa shape index (κ3) is 5.17. The molecule has 2 aromatic rings. The molecule has 0 bridgehead atoms. The molecule has 0 aliphatic carbocycles. The highest BCUT2D eigenvalue weighted by Gasteiger charge is 2.17. The first kappa shape index (κ1) is 17.6. The van der Waals surface area contributed by atoms with Crippen molar-refractivity contribution in [3.63, 3.8) is 0 Å². The minimum Gasteiger partial charge on any atom is -0.350 e. The third-order valence-corrected chi connectivity index (χ3v) is 3.01. The Hall–Kier alpha value is -2.74. The standard InChI is InChI=1S/C19H18F2N2O/c1-19(2,3)12-23-18(24)17-16(21)10-14(11-22-17)8-7-13-5-4-6-15(20)9-13/h4-6,9-11H,12H2,1-3H3,(H,23,24). The number of nitrogens with zero attached hydrogens (tertiary/aromatic N) is 1. The van der Waals surface area contributed by atoms with Crippen LogP contribution in [0, 0.1) is 28.9 Å². The molecule has 0 spiro atoms. The predicted octanol–water partition coefficient (Wildman–Crippen LogP) is 3.54. The highest BCUT2D eigenvalue weighted by atomic mass is 19.1. The maximum atomic E-state index is 14.1. The summed E-state index contributed by atoms with van der Waals surface area (Å²) in [5.41, 5.74) is 0.407. The van der Waals surface area contributed by atoms with Gasteiger partial charge in [-0.3, -0.25) is 4.79 Å². The van der Waals surface area contributed by atoms with Crippen molar-refractivity contribution in [3.05, 3.63) is 65.0 Å². The van der Waals surface area contributed by atoms with Crippen molar-refractivity contribution in [2.75, 3.05) is 6.54 Å². The normalized spacial score (nSPS) is 10.7. The van der Waals surface area contributed by atoms with Crippen molar-refractivity contribution >= 4 is 5.91 Å². The first-order valence-corrected chi connectivity index (χ1v) is 7.46. The van der Waals surface area contributed by atoms with Crippen LogP contribution in [0.15, 0.2) is 36.5 Å². The van der Waals surface area contributed by atoms with Gasteiger partial charge in [-0.05, 0) is 29.7 Å². The molecule has 124 valence electrons. The molecule has 1 aromatic carbocycles. The fraction of sp³-hybridized carbons (Fsp3) is 0.263. The summed E-state index contributed by atoms with van der Waals surface area (Å²) in [6.45, 7) is 6.29. The molecule has 0 saturated carbocycles. The van der Waals surface area contributed by atoms with E-state index in [0.29, 0.717) is 17.7 Å². The van der Waals surface area contributed by atoms with Crippen LogP contribution in [0.25, 0.3) is 0 Å². The van der Waals surface area contributed by atoms with Gasteiger partial charge in [0.2, 0.25) is 0 Å². The molecule has 0 radical (unpaired) electrons. The van der Waals surface area contributed by atoms with Crippen LogP contribution in [-0.2, 0) is 0 Å². The SMILES string of the molecule is CC(C)(C)CNC(=O)c1ncc(C#Cc2cccc(F)c2)cc1F. The second-order valence-electron chi connectivity index (χ2n) is 6.56. The zero-order chi connectivity index (χ0) is 17.7. The van der Waals surface area contributed by atoms with Crippen LogP contribution in [0.1, 0.15) is 42.4 Å². The Morgan fingerprint density at radius 3 is 2.50 bits per heavy atom. The molecule has 5 heteroatoms. The fourth-order valence-electron chi connectivity index (χ4n) is 1.81. The number of nitrogens with one attached hydrogen (secondary N) is 1. The number of rotatable bonds is 2. The maximum absolute atomic E-state index is 14.1. The molecular formula is C19H18F2N2O. The summed E-state index contributed by atoms with van der Waals surface area (Å²) in [6, 6.07) is 6.93. The molecule has 24 heavy (non-hydrogen) atoms. The predicted molar refractivity (Wildman–Crippen MR) is 88.4 cm³/mol. The van der Waals surface area contributed by atoms with Crippen molar-refractivity contribution in [2.45, 2.75) is 20.8 Å². The lowest BCUT2D eigenvalue weighted by Crippen LogP contribution is -2.33. The smallest absolute Gasteiger partial charge is 0.272 e. The molecule has 0 aliphatic heterocycles. The van der Waals surface area contributed by atoms with Gasteiger partial charge in [-0.15, -0.1) is 0 Å². The minimum absolute atomic E-state index is 0.109. The van der Waals surface area contributed by atoms with E-state index >= 15 is 0 Å². The van der Waals surface area contributed by atoms with Crippen LogP contribution in [0.4, 0.5) is 8.78 Å². The molecule has 1 N–H and O–H groups in total. The van der Waals surface area contributed by atoms with Crippen LogP contribution in [0.3, 0.4) is 0 Å². The number of benzene rings is 1. The van der Waals surface area contributed by atoms with E-state index in [4.69, 9.17) is 0 Å². The summed E-state index contributed by atoms with van der Waals surface area (Å²) >= 11 is 0. The number of carbonyl (C=O) groups excluding carboxylic acids is 1. The van der Waals surface area contributed by atoms with E-state index in [1.165, 1.54) is 18.3 Å². The quantitative estimate of drug-likeness (QED) is 0.857. The maximum Gasteiger partial charge on any atom is 0.272 e. The van der Waals surface area contributed by atoms with Crippen molar-refractivity contribution in [1.82, 2.24) is 10.3 Å². The molecule has 2 rings (SSSR count). The van der Waals surface area contributed by atoms with Gasteiger partial charge in [0.15, 0.2) is 11.5 Å². The third-order valence-electron chi connectivity index (χ3n) is 3.01. The number of pyridine rings is 1. The number of hydrogen-bond acceptors (Lipinski definition) is 2. The lowest BCUT2D eigenvalue weighted by molar-refractivity contribution is 0.0930. The number of carbonyl (C=O) groups is 1. The van der Waals surface area contributed by atoms with E-state index in [1.54, 1.807) is 12.1 Å². The largest absolute Gasteiger partial charge is 0.350 e. The van der Waals surface area contributed by atoms with Crippen LogP contribution >= 0.6 is 0 Å². The Labute approximate surface area is 140 Å². The number of amides is 1. The molecule has 0 fully saturated rings. The molecule has 1 amide bonds. The zero-order valence-corrected chi connectivity index (χ0v) is 13.8. The second-order valence-corrected chi connectivity index (χ2v) is 6.56. The van der Waals surface area contributed by atoms with Gasteiger partial charge in [0.1, 0.15) is 5.82 Å². The fourth-order valence-corrected chi connectivity index (χ4v) is 1.81. The van der Waals surface area contributed by atoms with Gasteiger partial charge in [-0.25, -0.2) is 13.8 Å². The van der Waals surface area contributed by atoms with Crippen molar-refractivity contribution < 1.29 is 13.6 Å². The number of hydrogen-bond donors (Lipinski definition) is 1. The molecule has 3 nitrogen and oxygen atoms in total. The average Bonchev–Trinajstić information content (AvgIpc) is 2.50. The lowest BCUT2D eigenvalue weighted by atomic mass is 9.97. The number of aromatic nitrogens is 1. The monoisotopic (exact) mass is 328 g/mol. The summed E-state index contributed by atoms with van der Waals surface area (Å²) in [5, 5.41) is 2.64. The Balaban J connectivity index is 2.14. The Kier molecular flexibility index (Phi) is 5.30. The number of halogens is 2. The summed E-state index contributed by atoms with van der Waals surface area (Å²) < 4.78 is 27.1. The van der Waals surface area contributed by atoms with Gasteiger partial charge < -0.3 is 5.32 Å². The summed E-state index contributed by atoms with van der Waals surface area (Å²) in [4.78, 5) is 15.8.